The quantitative estimate of drug-likeness (QED) is 0.774. The van der Waals surface area contributed by atoms with Gasteiger partial charge in [-0.3, -0.25) is 0 Å². The fourth-order valence-electron chi connectivity index (χ4n) is 1.15. The van der Waals surface area contributed by atoms with E-state index in [0.29, 0.717) is 12.1 Å². The van der Waals surface area contributed by atoms with Crippen molar-refractivity contribution in [3.8, 4) is 0 Å². The average Bonchev–Trinajstić information content (AvgIpc) is 2.19. The molecule has 0 bridgehead atoms. The predicted molar refractivity (Wildman–Crippen MR) is 45.4 cm³/mol. The van der Waals surface area contributed by atoms with Crippen LogP contribution in [0, 0.1) is 11.6 Å². The van der Waals surface area contributed by atoms with Gasteiger partial charge in [-0.1, -0.05) is 6.07 Å². The van der Waals surface area contributed by atoms with Crippen molar-refractivity contribution in [2.24, 2.45) is 5.73 Å². The molecule has 0 fully saturated rings. The lowest BCUT2D eigenvalue weighted by Gasteiger charge is -2.29. The molecule has 0 aliphatic heterocycles. The highest BCUT2D eigenvalue weighted by molar-refractivity contribution is 5.26. The third-order valence-corrected chi connectivity index (χ3v) is 2.16. The third-order valence-electron chi connectivity index (χ3n) is 2.16. The van der Waals surface area contributed by atoms with Crippen LogP contribution >= 0.6 is 0 Å². The lowest BCUT2D eigenvalue weighted by atomic mass is 9.93. The van der Waals surface area contributed by atoms with Gasteiger partial charge >= 0.3 is 6.18 Å². The Hall–Kier alpha value is -1.21. The van der Waals surface area contributed by atoms with Crippen LogP contribution in [0.2, 0.25) is 0 Å². The average molecular weight is 241 g/mol. The largest absolute Gasteiger partial charge is 0.422 e. The van der Waals surface area contributed by atoms with Crippen LogP contribution in [0.1, 0.15) is 5.56 Å². The van der Waals surface area contributed by atoms with Gasteiger partial charge in [-0.15, -0.1) is 0 Å². The summed E-state index contributed by atoms with van der Waals surface area (Å²) in [4.78, 5) is 0. The molecule has 0 aromatic heterocycles. The van der Waals surface area contributed by atoms with Crippen LogP contribution in [-0.2, 0) is 5.60 Å². The van der Waals surface area contributed by atoms with Crippen LogP contribution in [0.5, 0.6) is 0 Å². The minimum Gasteiger partial charge on any atom is -0.375 e. The number of alkyl halides is 3. The van der Waals surface area contributed by atoms with Gasteiger partial charge in [-0.05, 0) is 17.7 Å². The molecule has 0 saturated heterocycles. The highest BCUT2D eigenvalue weighted by atomic mass is 19.4. The molecule has 16 heavy (non-hydrogen) atoms. The smallest absolute Gasteiger partial charge is 0.375 e. The fraction of sp³-hybridized carbons (Fsp3) is 0.333. The summed E-state index contributed by atoms with van der Waals surface area (Å²) in [6.45, 7) is -1.18. The van der Waals surface area contributed by atoms with Gasteiger partial charge in [0, 0.05) is 6.54 Å². The Balaban J connectivity index is 3.29. The molecule has 0 aliphatic rings. The van der Waals surface area contributed by atoms with Crippen molar-refractivity contribution in [3.05, 3.63) is 35.4 Å². The van der Waals surface area contributed by atoms with Crippen LogP contribution in [-0.4, -0.2) is 17.8 Å². The number of benzene rings is 1. The van der Waals surface area contributed by atoms with Gasteiger partial charge in [0.1, 0.15) is 0 Å². The Kier molecular flexibility index (Phi) is 3.20. The molecule has 1 atom stereocenters. The summed E-state index contributed by atoms with van der Waals surface area (Å²) in [6.07, 6.45) is -5.06. The van der Waals surface area contributed by atoms with E-state index in [4.69, 9.17) is 5.73 Å². The molecule has 90 valence electrons. The molecule has 7 heteroatoms. The Bertz CT molecular complexity index is 392. The molecule has 1 rings (SSSR count). The van der Waals surface area contributed by atoms with Crippen molar-refractivity contribution in [1.82, 2.24) is 0 Å². The molecule has 1 aromatic rings. The van der Waals surface area contributed by atoms with Gasteiger partial charge in [0.2, 0.25) is 0 Å². The highest BCUT2D eigenvalue weighted by Gasteiger charge is 2.54. The number of aliphatic hydroxyl groups is 1. The van der Waals surface area contributed by atoms with Gasteiger partial charge in [0.25, 0.3) is 0 Å². The monoisotopic (exact) mass is 241 g/mol. The third kappa shape index (κ3) is 2.00. The van der Waals surface area contributed by atoms with E-state index in [-0.39, 0.29) is 6.07 Å². The number of hydrogen-bond donors (Lipinski definition) is 2. The second kappa shape index (κ2) is 3.99. The van der Waals surface area contributed by atoms with Gasteiger partial charge < -0.3 is 10.8 Å². The van der Waals surface area contributed by atoms with Crippen molar-refractivity contribution in [2.75, 3.05) is 6.54 Å². The first kappa shape index (κ1) is 12.9. The lowest BCUT2D eigenvalue weighted by molar-refractivity contribution is -0.262. The van der Waals surface area contributed by atoms with E-state index in [1.54, 1.807) is 0 Å². The molecule has 3 N–H and O–H groups in total. The first-order valence-electron chi connectivity index (χ1n) is 4.17. The summed E-state index contributed by atoms with van der Waals surface area (Å²) in [6, 6.07) is 1.41. The van der Waals surface area contributed by atoms with E-state index in [2.05, 4.69) is 0 Å². The van der Waals surface area contributed by atoms with Crippen molar-refractivity contribution < 1.29 is 27.1 Å². The zero-order valence-corrected chi connectivity index (χ0v) is 7.85. The van der Waals surface area contributed by atoms with E-state index >= 15 is 0 Å². The Morgan fingerprint density at radius 2 is 1.69 bits per heavy atom. The molecule has 1 aromatic carbocycles. The van der Waals surface area contributed by atoms with E-state index in [9.17, 15) is 27.1 Å². The molecule has 0 heterocycles. The van der Waals surface area contributed by atoms with E-state index < -0.39 is 35.5 Å². The summed E-state index contributed by atoms with van der Waals surface area (Å²) in [5.74, 6) is -2.78. The van der Waals surface area contributed by atoms with Crippen molar-refractivity contribution in [2.45, 2.75) is 11.8 Å². The molecule has 0 aliphatic carbocycles. The molecular weight excluding hydrogens is 233 g/mol. The van der Waals surface area contributed by atoms with E-state index in [1.165, 1.54) is 0 Å². The van der Waals surface area contributed by atoms with Crippen LogP contribution < -0.4 is 5.73 Å². The van der Waals surface area contributed by atoms with Crippen molar-refractivity contribution >= 4 is 0 Å². The number of halogens is 5. The summed E-state index contributed by atoms with van der Waals surface area (Å²) in [5, 5.41) is 9.30. The first-order valence-corrected chi connectivity index (χ1v) is 4.17. The molecule has 2 nitrogen and oxygen atoms in total. The normalized spacial score (nSPS) is 15.9. The SMILES string of the molecule is NCC(O)(c1ccc(F)c(F)c1)C(F)(F)F. The number of nitrogens with two attached hydrogens (primary N) is 1. The summed E-state index contributed by atoms with van der Waals surface area (Å²) >= 11 is 0. The fourth-order valence-corrected chi connectivity index (χ4v) is 1.15. The number of hydrogen-bond acceptors (Lipinski definition) is 2. The maximum Gasteiger partial charge on any atom is 0.422 e. The minimum atomic E-state index is -5.06. The molecule has 0 spiro atoms. The second-order valence-electron chi connectivity index (χ2n) is 3.19. The van der Waals surface area contributed by atoms with Crippen LogP contribution in [0.15, 0.2) is 18.2 Å². The summed E-state index contributed by atoms with van der Waals surface area (Å²) < 4.78 is 62.7. The molecule has 0 radical (unpaired) electrons. The van der Waals surface area contributed by atoms with Crippen LogP contribution in [0.4, 0.5) is 22.0 Å². The Morgan fingerprint density at radius 3 is 2.06 bits per heavy atom. The zero-order chi connectivity index (χ0) is 12.6. The minimum absolute atomic E-state index is 0.273. The molecule has 1 unspecified atom stereocenters. The highest BCUT2D eigenvalue weighted by Crippen LogP contribution is 2.38. The maximum absolute atomic E-state index is 12.7. The van der Waals surface area contributed by atoms with Gasteiger partial charge in [0.05, 0.1) is 0 Å². The summed E-state index contributed by atoms with van der Waals surface area (Å²) in [7, 11) is 0. The topological polar surface area (TPSA) is 46.2 Å². The van der Waals surface area contributed by atoms with Crippen LogP contribution in [0.25, 0.3) is 0 Å². The predicted octanol–water partition coefficient (Wildman–Crippen LogP) is 1.67. The maximum atomic E-state index is 12.7. The van der Waals surface area contributed by atoms with Crippen LogP contribution in [0.3, 0.4) is 0 Å². The zero-order valence-electron chi connectivity index (χ0n) is 7.85. The standard InChI is InChI=1S/C9H8F5NO/c10-6-2-1-5(3-7(6)11)8(16,4-15)9(12,13)14/h1-3,16H,4,15H2. The second-order valence-corrected chi connectivity index (χ2v) is 3.19. The first-order chi connectivity index (χ1) is 7.22. The van der Waals surface area contributed by atoms with Gasteiger partial charge in [0.15, 0.2) is 17.2 Å². The van der Waals surface area contributed by atoms with Crippen molar-refractivity contribution in [1.29, 1.82) is 0 Å². The molecular formula is C9H8F5NO. The molecule has 0 saturated carbocycles. The van der Waals surface area contributed by atoms with E-state index in [1.807, 2.05) is 0 Å². The van der Waals surface area contributed by atoms with Gasteiger partial charge in [-0.25, -0.2) is 8.78 Å². The van der Waals surface area contributed by atoms with Gasteiger partial charge in [-0.2, -0.15) is 13.2 Å². The molecule has 0 amide bonds. The summed E-state index contributed by atoms with van der Waals surface area (Å²) in [5.41, 5.74) is 0.622. The Labute approximate surface area is 87.5 Å². The van der Waals surface area contributed by atoms with Crippen molar-refractivity contribution in [3.63, 3.8) is 0 Å². The lowest BCUT2D eigenvalue weighted by Crippen LogP contribution is -2.48. The Morgan fingerprint density at radius 1 is 1.12 bits per heavy atom. The van der Waals surface area contributed by atoms with E-state index in [0.717, 1.165) is 0 Å². The number of rotatable bonds is 2.